The van der Waals surface area contributed by atoms with E-state index in [0.29, 0.717) is 12.8 Å². The van der Waals surface area contributed by atoms with Crippen molar-refractivity contribution in [3.8, 4) is 0 Å². The van der Waals surface area contributed by atoms with E-state index < -0.39 is 36.9 Å². The van der Waals surface area contributed by atoms with Crippen LogP contribution in [0.4, 0.5) is 17.6 Å². The Morgan fingerprint density at radius 2 is 1.34 bits per heavy atom. The van der Waals surface area contributed by atoms with Crippen LogP contribution in [0.15, 0.2) is 0 Å². The standard InChI is InChI=1S/C22H34F4N2O4/c1-12-10-27(20(29)16-6-4-14(31-3)8-18(16)23)11-13(2)28(12)21(30)17-7-5-15(9-19(17)24)32-22(25)26/h12-19,22H,4-11H2,1-3H3/t12-,13-,14?,15?,16?,17?,18?,19?/m1/s1. The van der Waals surface area contributed by atoms with Gasteiger partial charge >= 0.3 is 6.61 Å². The first-order valence-electron chi connectivity index (χ1n) is 11.5. The monoisotopic (exact) mass is 466 g/mol. The van der Waals surface area contributed by atoms with Gasteiger partial charge in [0.05, 0.1) is 24.0 Å². The van der Waals surface area contributed by atoms with E-state index in [4.69, 9.17) is 4.74 Å². The van der Waals surface area contributed by atoms with E-state index in [1.165, 1.54) is 0 Å². The molecule has 3 rings (SSSR count). The molecular weight excluding hydrogens is 432 g/mol. The van der Waals surface area contributed by atoms with Gasteiger partial charge in [-0.25, -0.2) is 8.78 Å². The van der Waals surface area contributed by atoms with Crippen molar-refractivity contribution in [2.75, 3.05) is 20.2 Å². The largest absolute Gasteiger partial charge is 0.381 e. The number of halogens is 4. The smallest absolute Gasteiger partial charge is 0.345 e. The third-order valence-corrected chi connectivity index (χ3v) is 7.20. The highest BCUT2D eigenvalue weighted by molar-refractivity contribution is 5.82. The van der Waals surface area contributed by atoms with Gasteiger partial charge in [0, 0.05) is 45.1 Å². The van der Waals surface area contributed by atoms with E-state index in [1.807, 2.05) is 0 Å². The normalized spacial score (nSPS) is 38.8. The van der Waals surface area contributed by atoms with Gasteiger partial charge in [-0.3, -0.25) is 9.59 Å². The second kappa shape index (κ2) is 10.7. The van der Waals surface area contributed by atoms with Crippen LogP contribution in [0.5, 0.6) is 0 Å². The maximum atomic E-state index is 14.7. The van der Waals surface area contributed by atoms with Crippen molar-refractivity contribution in [1.29, 1.82) is 0 Å². The predicted molar refractivity (Wildman–Crippen MR) is 108 cm³/mol. The highest BCUT2D eigenvalue weighted by atomic mass is 19.3. The minimum Gasteiger partial charge on any atom is -0.381 e. The minimum atomic E-state index is -2.96. The maximum absolute atomic E-state index is 14.7. The van der Waals surface area contributed by atoms with Crippen LogP contribution in [-0.2, 0) is 19.1 Å². The Morgan fingerprint density at radius 3 is 1.84 bits per heavy atom. The van der Waals surface area contributed by atoms with Gasteiger partial charge in [0.15, 0.2) is 0 Å². The number of methoxy groups -OCH3 is 1. The third-order valence-electron chi connectivity index (χ3n) is 7.20. The molecular formula is C22H34F4N2O4. The topological polar surface area (TPSA) is 59.1 Å². The third kappa shape index (κ3) is 5.55. The van der Waals surface area contributed by atoms with Crippen molar-refractivity contribution in [3.05, 3.63) is 0 Å². The van der Waals surface area contributed by atoms with E-state index in [-0.39, 0.29) is 68.8 Å². The summed E-state index contributed by atoms with van der Waals surface area (Å²) in [6.07, 6.45) is -2.51. The molecule has 0 spiro atoms. The molecule has 0 aromatic carbocycles. The summed E-state index contributed by atoms with van der Waals surface area (Å²) in [6, 6.07) is -0.711. The summed E-state index contributed by atoms with van der Waals surface area (Å²) in [7, 11) is 1.54. The van der Waals surface area contributed by atoms with Crippen molar-refractivity contribution in [3.63, 3.8) is 0 Å². The first kappa shape index (κ1) is 25.2. The number of piperazine rings is 1. The Balaban J connectivity index is 1.59. The van der Waals surface area contributed by atoms with Crippen molar-refractivity contribution >= 4 is 11.8 Å². The SMILES string of the molecule is COC1CCC(C(=O)N2C[C@@H](C)N(C(=O)C3CCC(OC(F)F)CC3F)[C@H](C)C2)C(F)C1. The highest BCUT2D eigenvalue weighted by Crippen LogP contribution is 2.34. The molecule has 1 aliphatic heterocycles. The molecule has 6 unspecified atom stereocenters. The second-order valence-electron chi connectivity index (χ2n) is 9.43. The maximum Gasteiger partial charge on any atom is 0.345 e. The zero-order valence-electron chi connectivity index (χ0n) is 18.9. The molecule has 2 amide bonds. The second-order valence-corrected chi connectivity index (χ2v) is 9.43. The summed E-state index contributed by atoms with van der Waals surface area (Å²) < 4.78 is 63.7. The van der Waals surface area contributed by atoms with Crippen molar-refractivity contribution in [2.45, 2.75) is 95.6 Å². The molecule has 184 valence electrons. The van der Waals surface area contributed by atoms with Gasteiger partial charge in [-0.05, 0) is 39.5 Å². The molecule has 3 aliphatic rings. The van der Waals surface area contributed by atoms with Gasteiger partial charge in [-0.2, -0.15) is 8.78 Å². The number of hydrogen-bond acceptors (Lipinski definition) is 4. The fraction of sp³-hybridized carbons (Fsp3) is 0.909. The zero-order chi connectivity index (χ0) is 23.6. The Hall–Kier alpha value is -1.42. The van der Waals surface area contributed by atoms with Gasteiger partial charge in [-0.15, -0.1) is 0 Å². The van der Waals surface area contributed by atoms with Crippen LogP contribution in [0, 0.1) is 11.8 Å². The molecule has 0 aromatic rings. The predicted octanol–water partition coefficient (Wildman–Crippen LogP) is 3.33. The minimum absolute atomic E-state index is 0.141. The Morgan fingerprint density at radius 1 is 0.844 bits per heavy atom. The number of carbonyl (C=O) groups excluding carboxylic acids is 2. The average Bonchev–Trinajstić information content (AvgIpc) is 2.72. The highest BCUT2D eigenvalue weighted by Gasteiger charge is 2.45. The molecule has 3 fully saturated rings. The summed E-state index contributed by atoms with van der Waals surface area (Å²) in [5.41, 5.74) is 0. The van der Waals surface area contributed by atoms with E-state index in [2.05, 4.69) is 4.74 Å². The number of ether oxygens (including phenoxy) is 2. The van der Waals surface area contributed by atoms with Crippen molar-refractivity contribution < 1.29 is 36.6 Å². The molecule has 32 heavy (non-hydrogen) atoms. The van der Waals surface area contributed by atoms with Crippen LogP contribution in [0.2, 0.25) is 0 Å². The number of rotatable bonds is 5. The lowest BCUT2D eigenvalue weighted by Gasteiger charge is -2.47. The number of nitrogens with zero attached hydrogens (tertiary/aromatic N) is 2. The number of carbonyl (C=O) groups is 2. The lowest BCUT2D eigenvalue weighted by Crippen LogP contribution is -2.62. The molecule has 0 aromatic heterocycles. The van der Waals surface area contributed by atoms with Crippen LogP contribution in [0.1, 0.15) is 52.4 Å². The fourth-order valence-electron chi connectivity index (χ4n) is 5.56. The molecule has 0 radical (unpaired) electrons. The van der Waals surface area contributed by atoms with Crippen LogP contribution in [-0.4, -0.2) is 85.1 Å². The van der Waals surface area contributed by atoms with Gasteiger partial charge in [0.2, 0.25) is 11.8 Å². The molecule has 0 bridgehead atoms. The summed E-state index contributed by atoms with van der Waals surface area (Å²) >= 11 is 0. The summed E-state index contributed by atoms with van der Waals surface area (Å²) in [6.45, 7) is 1.14. The van der Waals surface area contributed by atoms with E-state index >= 15 is 0 Å². The Bertz CT molecular complexity index is 658. The number of amides is 2. The fourth-order valence-corrected chi connectivity index (χ4v) is 5.56. The van der Waals surface area contributed by atoms with Crippen LogP contribution in [0.3, 0.4) is 0 Å². The summed E-state index contributed by atoms with van der Waals surface area (Å²) in [4.78, 5) is 29.4. The van der Waals surface area contributed by atoms with Crippen molar-refractivity contribution in [1.82, 2.24) is 9.80 Å². The van der Waals surface area contributed by atoms with E-state index in [0.717, 1.165) is 0 Å². The van der Waals surface area contributed by atoms with E-state index in [9.17, 15) is 27.2 Å². The quantitative estimate of drug-likeness (QED) is 0.584. The molecule has 2 aliphatic carbocycles. The first-order chi connectivity index (χ1) is 15.1. The van der Waals surface area contributed by atoms with Gasteiger partial charge in [0.25, 0.3) is 0 Å². The molecule has 6 nitrogen and oxygen atoms in total. The first-order valence-corrected chi connectivity index (χ1v) is 11.5. The molecule has 10 heteroatoms. The molecule has 2 saturated carbocycles. The van der Waals surface area contributed by atoms with Crippen molar-refractivity contribution in [2.24, 2.45) is 11.8 Å². The van der Waals surface area contributed by atoms with Crippen LogP contribution in [0.25, 0.3) is 0 Å². The number of alkyl halides is 4. The van der Waals surface area contributed by atoms with E-state index in [1.54, 1.807) is 30.8 Å². The lowest BCUT2D eigenvalue weighted by atomic mass is 9.83. The van der Waals surface area contributed by atoms with Crippen LogP contribution < -0.4 is 0 Å². The van der Waals surface area contributed by atoms with Gasteiger partial charge in [0.1, 0.15) is 12.3 Å². The zero-order valence-corrected chi connectivity index (χ0v) is 18.9. The average molecular weight is 467 g/mol. The Labute approximate surface area is 186 Å². The summed E-state index contributed by atoms with van der Waals surface area (Å²) in [5, 5.41) is 0. The van der Waals surface area contributed by atoms with Gasteiger partial charge < -0.3 is 19.3 Å². The molecule has 0 N–H and O–H groups in total. The summed E-state index contributed by atoms with van der Waals surface area (Å²) in [5.74, 6) is -2.21. The van der Waals surface area contributed by atoms with Gasteiger partial charge in [-0.1, -0.05) is 0 Å². The number of hydrogen-bond donors (Lipinski definition) is 0. The Kier molecular flexibility index (Phi) is 8.41. The molecule has 1 saturated heterocycles. The lowest BCUT2D eigenvalue weighted by molar-refractivity contribution is -0.180. The van der Waals surface area contributed by atoms with Crippen LogP contribution >= 0.6 is 0 Å². The molecule has 1 heterocycles. The molecule has 8 atom stereocenters.